The number of allylic oxidation sites excluding steroid dienone is 2. The summed E-state index contributed by atoms with van der Waals surface area (Å²) in [6.45, 7) is 0.332. The Balaban J connectivity index is 1.89. The lowest BCUT2D eigenvalue weighted by Gasteiger charge is -2.00. The normalized spacial score (nSPS) is 20.7. The van der Waals surface area contributed by atoms with Crippen molar-refractivity contribution < 1.29 is 14.4 Å². The molecule has 1 atom stereocenters. The van der Waals surface area contributed by atoms with Crippen molar-refractivity contribution >= 4 is 24.7 Å². The van der Waals surface area contributed by atoms with Crippen LogP contribution in [-0.4, -0.2) is 35.0 Å². The molecule has 0 saturated heterocycles. The fourth-order valence-corrected chi connectivity index (χ4v) is 3.02. The predicted molar refractivity (Wildman–Crippen MR) is 71.1 cm³/mol. The molecule has 1 unspecified atom stereocenters. The Morgan fingerprint density at radius 1 is 1.60 bits per heavy atom. The van der Waals surface area contributed by atoms with Gasteiger partial charge in [-0.15, -0.1) is 0 Å². The zero-order valence-corrected chi connectivity index (χ0v) is 11.1. The maximum Gasteiger partial charge on any atom is 0.332 e. The van der Waals surface area contributed by atoms with E-state index in [1.807, 2.05) is 0 Å². The van der Waals surface area contributed by atoms with Gasteiger partial charge in [-0.1, -0.05) is 11.6 Å². The number of nitrogens with two attached hydrogens (primary N) is 1. The minimum Gasteiger partial charge on any atom is -0.369 e. The lowest BCUT2D eigenvalue weighted by molar-refractivity contribution is 0.372. The third-order valence-electron chi connectivity index (χ3n) is 3.15. The number of nitrogens with zero attached hydrogens (tertiary/aromatic N) is 3. The van der Waals surface area contributed by atoms with E-state index in [1.54, 1.807) is 10.6 Å². The SMILES string of the molecule is Nc1nc2c(ncn2C/C=C2/CC2P(=O)(O)O)c(=O)[nH]1. The average Bonchev–Trinajstić information content (AvgIpc) is 3.01. The Hall–Kier alpha value is -1.96. The second kappa shape index (κ2) is 4.27. The number of anilines is 1. The van der Waals surface area contributed by atoms with Crippen molar-refractivity contribution in [3.63, 3.8) is 0 Å². The van der Waals surface area contributed by atoms with E-state index in [0.717, 1.165) is 0 Å². The van der Waals surface area contributed by atoms with Gasteiger partial charge < -0.3 is 20.1 Å². The first kappa shape index (κ1) is 13.0. The van der Waals surface area contributed by atoms with Gasteiger partial charge in [0, 0.05) is 6.54 Å². The molecule has 20 heavy (non-hydrogen) atoms. The molecule has 0 aromatic carbocycles. The summed E-state index contributed by atoms with van der Waals surface area (Å²) in [7, 11) is -4.04. The van der Waals surface area contributed by atoms with Gasteiger partial charge in [-0.3, -0.25) is 14.3 Å². The number of aromatic amines is 1. The zero-order valence-electron chi connectivity index (χ0n) is 10.2. The number of hydrogen-bond donors (Lipinski definition) is 4. The summed E-state index contributed by atoms with van der Waals surface area (Å²) < 4.78 is 12.6. The monoisotopic (exact) mass is 297 g/mol. The Bertz CT molecular complexity index is 817. The molecule has 0 aliphatic heterocycles. The summed E-state index contributed by atoms with van der Waals surface area (Å²) in [6, 6.07) is 0. The van der Waals surface area contributed by atoms with Crippen molar-refractivity contribution in [2.75, 3.05) is 5.73 Å². The number of nitrogens with one attached hydrogen (secondary N) is 1. The van der Waals surface area contributed by atoms with E-state index in [2.05, 4.69) is 15.0 Å². The first-order chi connectivity index (χ1) is 9.36. The van der Waals surface area contributed by atoms with Gasteiger partial charge in [0.2, 0.25) is 5.95 Å². The topological polar surface area (TPSA) is 147 Å². The van der Waals surface area contributed by atoms with Crippen LogP contribution >= 0.6 is 7.60 Å². The van der Waals surface area contributed by atoms with Gasteiger partial charge in [0.05, 0.1) is 12.0 Å². The molecule has 2 aromatic rings. The number of rotatable bonds is 3. The van der Waals surface area contributed by atoms with Crippen LogP contribution in [0.25, 0.3) is 11.2 Å². The van der Waals surface area contributed by atoms with Crippen molar-refractivity contribution in [3.8, 4) is 0 Å². The molecule has 106 valence electrons. The van der Waals surface area contributed by atoms with Crippen molar-refractivity contribution in [2.24, 2.45) is 0 Å². The van der Waals surface area contributed by atoms with Crippen molar-refractivity contribution in [2.45, 2.75) is 18.6 Å². The van der Waals surface area contributed by atoms with E-state index in [1.165, 1.54) is 6.33 Å². The van der Waals surface area contributed by atoms with Crippen molar-refractivity contribution in [3.05, 3.63) is 28.3 Å². The molecule has 1 aliphatic carbocycles. The van der Waals surface area contributed by atoms with Crippen LogP contribution in [0.2, 0.25) is 0 Å². The summed E-state index contributed by atoms with van der Waals surface area (Å²) >= 11 is 0. The lowest BCUT2D eigenvalue weighted by Crippen LogP contribution is -2.12. The van der Waals surface area contributed by atoms with Crippen LogP contribution in [0.3, 0.4) is 0 Å². The first-order valence-corrected chi connectivity index (χ1v) is 7.49. The molecule has 3 rings (SSSR count). The van der Waals surface area contributed by atoms with Crippen LogP contribution < -0.4 is 11.3 Å². The summed E-state index contributed by atoms with van der Waals surface area (Å²) in [5, 5.41) is 0. The van der Waals surface area contributed by atoms with Gasteiger partial charge in [-0.25, -0.2) is 4.98 Å². The minimum absolute atomic E-state index is 0.00332. The lowest BCUT2D eigenvalue weighted by atomic mass is 10.4. The summed E-state index contributed by atoms with van der Waals surface area (Å²) in [4.78, 5) is 39.9. The summed E-state index contributed by atoms with van der Waals surface area (Å²) in [6.07, 6.45) is 3.55. The highest BCUT2D eigenvalue weighted by molar-refractivity contribution is 7.53. The average molecular weight is 297 g/mol. The molecule has 2 aromatic heterocycles. The largest absolute Gasteiger partial charge is 0.369 e. The van der Waals surface area contributed by atoms with Crippen molar-refractivity contribution in [1.29, 1.82) is 0 Å². The van der Waals surface area contributed by atoms with Crippen LogP contribution in [0.5, 0.6) is 0 Å². The number of imidazole rings is 1. The molecular formula is C10H12N5O4P. The van der Waals surface area contributed by atoms with Gasteiger partial charge in [-0.2, -0.15) is 4.98 Å². The van der Waals surface area contributed by atoms with Gasteiger partial charge in [0.1, 0.15) is 0 Å². The Kier molecular flexibility index (Phi) is 2.79. The quantitative estimate of drug-likeness (QED) is 0.444. The summed E-state index contributed by atoms with van der Waals surface area (Å²) in [5.74, 6) is -0.00332. The van der Waals surface area contributed by atoms with Crippen molar-refractivity contribution in [1.82, 2.24) is 19.5 Å². The van der Waals surface area contributed by atoms with Gasteiger partial charge >= 0.3 is 7.60 Å². The summed E-state index contributed by atoms with van der Waals surface area (Å²) in [5.41, 5.74) is 5.62. The maximum atomic E-state index is 11.6. The molecule has 0 spiro atoms. The number of aromatic nitrogens is 4. The number of H-pyrrole nitrogens is 1. The molecule has 1 saturated carbocycles. The maximum absolute atomic E-state index is 11.6. The van der Waals surface area contributed by atoms with Gasteiger partial charge in [-0.05, 0) is 6.42 Å². The molecule has 0 amide bonds. The van der Waals surface area contributed by atoms with E-state index in [9.17, 15) is 9.36 Å². The third-order valence-corrected chi connectivity index (χ3v) is 4.47. The molecule has 1 fully saturated rings. The fraction of sp³-hybridized carbons (Fsp3) is 0.300. The predicted octanol–water partition coefficient (Wildman–Crippen LogP) is -0.422. The van der Waals surface area contributed by atoms with E-state index < -0.39 is 18.8 Å². The minimum atomic E-state index is -4.04. The van der Waals surface area contributed by atoms with Crippen LogP contribution in [0, 0.1) is 0 Å². The molecule has 0 radical (unpaired) electrons. The molecule has 9 nitrogen and oxygen atoms in total. The van der Waals surface area contributed by atoms with Crippen LogP contribution in [0.1, 0.15) is 6.42 Å². The molecule has 1 aliphatic rings. The second-order valence-corrected chi connectivity index (χ2v) is 6.41. The Morgan fingerprint density at radius 2 is 2.35 bits per heavy atom. The molecule has 10 heteroatoms. The Morgan fingerprint density at radius 3 is 3.00 bits per heavy atom. The number of fused-ring (bicyclic) bond motifs is 1. The molecular weight excluding hydrogens is 285 g/mol. The molecule has 2 heterocycles. The van der Waals surface area contributed by atoms with Gasteiger partial charge in [0.25, 0.3) is 5.56 Å². The third kappa shape index (κ3) is 2.26. The van der Waals surface area contributed by atoms with Crippen LogP contribution in [-0.2, 0) is 11.1 Å². The zero-order chi connectivity index (χ0) is 14.5. The molecule has 5 N–H and O–H groups in total. The van der Waals surface area contributed by atoms with Crippen LogP contribution in [0.4, 0.5) is 5.95 Å². The van der Waals surface area contributed by atoms with E-state index in [-0.39, 0.29) is 11.5 Å². The number of hydrogen-bond acceptors (Lipinski definition) is 5. The van der Waals surface area contributed by atoms with Gasteiger partial charge in [0.15, 0.2) is 11.2 Å². The second-order valence-electron chi connectivity index (χ2n) is 4.61. The van der Waals surface area contributed by atoms with E-state index in [4.69, 9.17) is 15.5 Å². The first-order valence-electron chi connectivity index (χ1n) is 5.81. The number of nitrogen functional groups attached to an aromatic ring is 1. The highest BCUT2D eigenvalue weighted by atomic mass is 31.2. The highest BCUT2D eigenvalue weighted by Gasteiger charge is 2.43. The van der Waals surface area contributed by atoms with E-state index in [0.29, 0.717) is 24.2 Å². The fourth-order valence-electron chi connectivity index (χ4n) is 2.04. The Labute approximate surface area is 112 Å². The highest BCUT2D eigenvalue weighted by Crippen LogP contribution is 2.57. The van der Waals surface area contributed by atoms with Crippen LogP contribution in [0.15, 0.2) is 22.8 Å². The smallest absolute Gasteiger partial charge is 0.332 e. The van der Waals surface area contributed by atoms with E-state index >= 15 is 0 Å². The standard InChI is InChI=1S/C10H12N5O4P/c11-10-13-8-7(9(16)14-10)12-4-15(8)2-1-5-3-6(5)20(17,18)19/h1,4,6H,2-3H2,(H2,17,18,19)(H3,11,13,14,16)/b5-1-. The molecule has 0 bridgehead atoms.